The average molecular weight is 594 g/mol. The second kappa shape index (κ2) is 11.2. The molecule has 1 fully saturated rings. The molecule has 1 saturated heterocycles. The number of imide groups is 2. The van der Waals surface area contributed by atoms with Crippen LogP contribution in [-0.4, -0.2) is 29.4 Å². The fourth-order valence-electron chi connectivity index (χ4n) is 3.43. The van der Waals surface area contributed by atoms with E-state index in [4.69, 9.17) is 37.1 Å². The summed E-state index contributed by atoms with van der Waals surface area (Å²) in [5.74, 6) is -0.342. The van der Waals surface area contributed by atoms with Gasteiger partial charge in [0.1, 0.15) is 17.9 Å². The minimum Gasteiger partial charge on any atom is -0.490 e. The van der Waals surface area contributed by atoms with Gasteiger partial charge in [-0.05, 0) is 70.9 Å². The Morgan fingerprint density at radius 3 is 2.61 bits per heavy atom. The minimum atomic E-state index is -0.820. The van der Waals surface area contributed by atoms with Gasteiger partial charge in [0.25, 0.3) is 11.8 Å². The SMILES string of the molecule is CCOc1cc(/C=C2\C(=O)NC(=O)N(Cc3ccco3)C2=O)cc(Br)c1OCc1ccc(Cl)cc1Cl. The summed E-state index contributed by atoms with van der Waals surface area (Å²) in [6.07, 6.45) is 2.81. The summed E-state index contributed by atoms with van der Waals surface area (Å²) < 4.78 is 17.5. The summed E-state index contributed by atoms with van der Waals surface area (Å²) in [6, 6.07) is 10.9. The highest BCUT2D eigenvalue weighted by atomic mass is 79.9. The third-order valence-corrected chi connectivity index (χ3v) is 6.29. The Morgan fingerprint density at radius 1 is 1.11 bits per heavy atom. The highest BCUT2D eigenvalue weighted by Crippen LogP contribution is 2.38. The predicted molar refractivity (Wildman–Crippen MR) is 137 cm³/mol. The first-order valence-corrected chi connectivity index (χ1v) is 12.3. The van der Waals surface area contributed by atoms with Crippen molar-refractivity contribution in [2.45, 2.75) is 20.1 Å². The number of nitrogens with zero attached hydrogens (tertiary/aromatic N) is 1. The van der Waals surface area contributed by atoms with Crippen LogP contribution < -0.4 is 14.8 Å². The molecule has 1 aromatic heterocycles. The van der Waals surface area contributed by atoms with E-state index in [1.807, 2.05) is 6.92 Å². The van der Waals surface area contributed by atoms with Gasteiger partial charge in [-0.3, -0.25) is 19.8 Å². The molecule has 0 spiro atoms. The molecule has 0 radical (unpaired) electrons. The van der Waals surface area contributed by atoms with Gasteiger partial charge in [-0.1, -0.05) is 29.3 Å². The molecule has 4 rings (SSSR count). The first kappa shape index (κ1) is 25.8. The van der Waals surface area contributed by atoms with E-state index in [1.165, 1.54) is 12.3 Å². The molecule has 0 saturated carbocycles. The Bertz CT molecular complexity index is 1360. The number of benzene rings is 2. The molecule has 1 N–H and O–H groups in total. The lowest BCUT2D eigenvalue weighted by molar-refractivity contribution is -0.130. The summed E-state index contributed by atoms with van der Waals surface area (Å²) in [4.78, 5) is 38.6. The molecule has 0 atom stereocenters. The number of urea groups is 1. The third-order valence-electron chi connectivity index (χ3n) is 5.11. The van der Waals surface area contributed by atoms with Crippen LogP contribution in [0.15, 0.2) is 63.2 Å². The summed E-state index contributed by atoms with van der Waals surface area (Å²) in [5.41, 5.74) is 0.998. The maximum absolute atomic E-state index is 13.0. The van der Waals surface area contributed by atoms with Crippen molar-refractivity contribution in [3.63, 3.8) is 0 Å². The van der Waals surface area contributed by atoms with Gasteiger partial charge in [0.15, 0.2) is 11.5 Å². The van der Waals surface area contributed by atoms with E-state index in [1.54, 1.807) is 42.5 Å². The molecule has 2 aromatic carbocycles. The van der Waals surface area contributed by atoms with Gasteiger partial charge in [-0.25, -0.2) is 4.79 Å². The van der Waals surface area contributed by atoms with Crippen LogP contribution >= 0.6 is 39.1 Å². The number of hydrogen-bond donors (Lipinski definition) is 1. The topological polar surface area (TPSA) is 98.1 Å². The molecule has 11 heteroatoms. The van der Waals surface area contributed by atoms with Gasteiger partial charge in [0.2, 0.25) is 0 Å². The van der Waals surface area contributed by atoms with Crippen LogP contribution in [0.25, 0.3) is 6.08 Å². The quantitative estimate of drug-likeness (QED) is 0.254. The molecule has 1 aliphatic rings. The van der Waals surface area contributed by atoms with E-state index < -0.39 is 17.8 Å². The van der Waals surface area contributed by atoms with Crippen LogP contribution in [0, 0.1) is 0 Å². The maximum Gasteiger partial charge on any atom is 0.331 e. The van der Waals surface area contributed by atoms with Gasteiger partial charge in [-0.2, -0.15) is 0 Å². The van der Waals surface area contributed by atoms with Crippen molar-refractivity contribution in [3.05, 3.63) is 85.7 Å². The predicted octanol–water partition coefficient (Wildman–Crippen LogP) is 5.99. The van der Waals surface area contributed by atoms with Crippen molar-refractivity contribution in [1.29, 1.82) is 0 Å². The second-order valence-corrected chi connectivity index (χ2v) is 9.27. The molecule has 3 aromatic rings. The number of furan rings is 1. The Labute approximate surface area is 224 Å². The van der Waals surface area contributed by atoms with Gasteiger partial charge >= 0.3 is 6.03 Å². The molecular formula is C25H19BrCl2N2O6. The summed E-state index contributed by atoms with van der Waals surface area (Å²) in [6.45, 7) is 2.19. The monoisotopic (exact) mass is 592 g/mol. The van der Waals surface area contributed by atoms with Crippen molar-refractivity contribution < 1.29 is 28.3 Å². The zero-order valence-electron chi connectivity index (χ0n) is 18.8. The van der Waals surface area contributed by atoms with Gasteiger partial charge < -0.3 is 13.9 Å². The summed E-state index contributed by atoms with van der Waals surface area (Å²) >= 11 is 15.7. The highest BCUT2D eigenvalue weighted by molar-refractivity contribution is 9.10. The fourth-order valence-corrected chi connectivity index (χ4v) is 4.46. The van der Waals surface area contributed by atoms with E-state index in [-0.39, 0.29) is 18.7 Å². The van der Waals surface area contributed by atoms with E-state index in [9.17, 15) is 14.4 Å². The first-order chi connectivity index (χ1) is 17.3. The molecule has 0 bridgehead atoms. The Kier molecular flexibility index (Phi) is 8.03. The molecule has 4 amide bonds. The fraction of sp³-hybridized carbons (Fsp3) is 0.160. The Hall–Kier alpha value is -3.27. The zero-order chi connectivity index (χ0) is 25.8. The van der Waals surface area contributed by atoms with Crippen molar-refractivity contribution in [2.24, 2.45) is 0 Å². The van der Waals surface area contributed by atoms with Crippen LogP contribution in [0.3, 0.4) is 0 Å². The van der Waals surface area contributed by atoms with Crippen molar-refractivity contribution in [2.75, 3.05) is 6.61 Å². The molecule has 0 unspecified atom stereocenters. The van der Waals surface area contributed by atoms with E-state index in [0.29, 0.717) is 43.9 Å². The molecule has 8 nitrogen and oxygen atoms in total. The van der Waals surface area contributed by atoms with E-state index in [0.717, 1.165) is 10.5 Å². The van der Waals surface area contributed by atoms with Crippen LogP contribution in [0.2, 0.25) is 10.0 Å². The van der Waals surface area contributed by atoms with Crippen LogP contribution in [0.5, 0.6) is 11.5 Å². The lowest BCUT2D eigenvalue weighted by atomic mass is 10.1. The maximum atomic E-state index is 13.0. The summed E-state index contributed by atoms with van der Waals surface area (Å²) in [7, 11) is 0. The van der Waals surface area contributed by atoms with E-state index in [2.05, 4.69) is 21.2 Å². The van der Waals surface area contributed by atoms with Gasteiger partial charge in [-0.15, -0.1) is 0 Å². The lowest BCUT2D eigenvalue weighted by Gasteiger charge is -2.25. The number of barbiturate groups is 1. The number of ether oxygens (including phenoxy) is 2. The van der Waals surface area contributed by atoms with Crippen molar-refractivity contribution in [1.82, 2.24) is 10.2 Å². The molecule has 2 heterocycles. The van der Waals surface area contributed by atoms with Crippen molar-refractivity contribution in [3.8, 4) is 11.5 Å². The first-order valence-electron chi connectivity index (χ1n) is 10.7. The molecule has 0 aliphatic carbocycles. The molecule has 186 valence electrons. The van der Waals surface area contributed by atoms with Gasteiger partial charge in [0.05, 0.1) is 23.9 Å². The zero-order valence-corrected chi connectivity index (χ0v) is 21.9. The number of carbonyl (C=O) groups excluding carboxylic acids is 3. The number of hydrogen-bond acceptors (Lipinski definition) is 6. The van der Waals surface area contributed by atoms with Crippen LogP contribution in [0.4, 0.5) is 4.79 Å². The Balaban J connectivity index is 1.62. The third kappa shape index (κ3) is 5.75. The van der Waals surface area contributed by atoms with E-state index >= 15 is 0 Å². The van der Waals surface area contributed by atoms with Crippen LogP contribution in [0.1, 0.15) is 23.8 Å². The number of carbonyl (C=O) groups is 3. The van der Waals surface area contributed by atoms with Crippen LogP contribution in [-0.2, 0) is 22.7 Å². The van der Waals surface area contributed by atoms with Crippen molar-refractivity contribution >= 4 is 63.1 Å². The Morgan fingerprint density at radius 2 is 1.92 bits per heavy atom. The second-order valence-electron chi connectivity index (χ2n) is 7.58. The normalized spacial score (nSPS) is 14.8. The molecule has 1 aliphatic heterocycles. The minimum absolute atomic E-state index is 0.115. The largest absolute Gasteiger partial charge is 0.490 e. The molecule has 36 heavy (non-hydrogen) atoms. The number of amides is 4. The average Bonchev–Trinajstić information content (AvgIpc) is 3.33. The lowest BCUT2D eigenvalue weighted by Crippen LogP contribution is -2.53. The standard InChI is InChI=1S/C25H19BrCl2N2O6/c1-2-34-21-10-14(9-19(26)22(21)36-13-15-5-6-16(27)11-20(15)28)8-18-23(31)29-25(33)30(24(18)32)12-17-4-3-7-35-17/h3-11H,2,12-13H2,1H3,(H,29,31,33)/b18-8+. The number of halogens is 3. The molecular weight excluding hydrogens is 575 g/mol. The smallest absolute Gasteiger partial charge is 0.331 e. The number of nitrogens with one attached hydrogen (secondary N) is 1. The highest BCUT2D eigenvalue weighted by Gasteiger charge is 2.36. The number of rotatable bonds is 8. The summed E-state index contributed by atoms with van der Waals surface area (Å²) in [5, 5.41) is 3.17. The van der Waals surface area contributed by atoms with Gasteiger partial charge in [0, 0.05) is 15.6 Å².